The van der Waals surface area contributed by atoms with Gasteiger partial charge in [0.05, 0.1) is 6.04 Å². The maximum Gasteiger partial charge on any atom is 0.321 e. The number of hydrogen-bond donors (Lipinski definition) is 4. The normalized spacial score (nSPS) is 21.9. The van der Waals surface area contributed by atoms with Crippen molar-refractivity contribution in [3.63, 3.8) is 0 Å². The topological polar surface area (TPSA) is 103 Å². The van der Waals surface area contributed by atoms with Gasteiger partial charge in [-0.25, -0.2) is 9.18 Å². The first-order chi connectivity index (χ1) is 17.5. The number of nitrogens with zero attached hydrogens (tertiary/aromatic N) is 1. The molecule has 1 atom stereocenters. The highest BCUT2D eigenvalue weighted by Gasteiger charge is 2.34. The predicted octanol–water partition coefficient (Wildman–Crippen LogP) is 4.72. The number of aromatic amines is 1. The van der Waals surface area contributed by atoms with Crippen LogP contribution in [0.3, 0.4) is 0 Å². The summed E-state index contributed by atoms with van der Waals surface area (Å²) < 4.78 is 13.4. The Hall–Kier alpha value is -3.39. The summed E-state index contributed by atoms with van der Waals surface area (Å²) in [6.07, 6.45) is 7.69. The second-order valence-corrected chi connectivity index (χ2v) is 10.1. The lowest BCUT2D eigenvalue weighted by Crippen LogP contribution is -2.54. The number of para-hydroxylation sites is 1. The minimum absolute atomic E-state index is 0.0899. The Bertz CT molecular complexity index is 1210. The number of aromatic nitrogens is 1. The van der Waals surface area contributed by atoms with E-state index in [0.717, 1.165) is 25.7 Å². The number of amides is 3. The Balaban J connectivity index is 1.13. The van der Waals surface area contributed by atoms with Crippen LogP contribution >= 0.6 is 0 Å². The lowest BCUT2D eigenvalue weighted by Gasteiger charge is -2.38. The molecule has 1 saturated carbocycles. The highest BCUT2D eigenvalue weighted by molar-refractivity contribution is 5.89. The molecule has 2 aromatic carbocycles. The number of benzene rings is 2. The maximum atomic E-state index is 13.4. The van der Waals surface area contributed by atoms with Crippen molar-refractivity contribution < 1.29 is 14.0 Å². The van der Waals surface area contributed by atoms with E-state index in [-0.39, 0.29) is 23.9 Å². The number of nitrogens with two attached hydrogens (primary N) is 1. The molecule has 0 spiro atoms. The largest absolute Gasteiger partial charge is 0.368 e. The maximum absolute atomic E-state index is 13.4. The summed E-state index contributed by atoms with van der Waals surface area (Å²) in [5, 5.41) is 7.63. The van der Waals surface area contributed by atoms with E-state index in [9.17, 15) is 14.0 Å². The molecule has 0 radical (unpaired) electrons. The van der Waals surface area contributed by atoms with E-state index >= 15 is 0 Å². The van der Waals surface area contributed by atoms with Crippen LogP contribution < -0.4 is 16.4 Å². The van der Waals surface area contributed by atoms with E-state index in [1.54, 1.807) is 17.0 Å². The van der Waals surface area contributed by atoms with Gasteiger partial charge in [-0.2, -0.15) is 0 Å². The van der Waals surface area contributed by atoms with Crippen molar-refractivity contribution in [1.29, 1.82) is 0 Å². The van der Waals surface area contributed by atoms with Gasteiger partial charge in [-0.15, -0.1) is 0 Å². The van der Waals surface area contributed by atoms with E-state index in [4.69, 9.17) is 5.73 Å². The van der Waals surface area contributed by atoms with Gasteiger partial charge in [0.1, 0.15) is 5.82 Å². The van der Waals surface area contributed by atoms with Crippen molar-refractivity contribution in [3.8, 4) is 0 Å². The summed E-state index contributed by atoms with van der Waals surface area (Å²) in [5.74, 6) is -0.105. The summed E-state index contributed by atoms with van der Waals surface area (Å²) in [6, 6.07) is 13.9. The summed E-state index contributed by atoms with van der Waals surface area (Å²) in [7, 11) is 0. The molecular formula is C28H34FN5O2. The summed E-state index contributed by atoms with van der Waals surface area (Å²) >= 11 is 0. The van der Waals surface area contributed by atoms with E-state index in [1.165, 1.54) is 28.6 Å². The van der Waals surface area contributed by atoms with Gasteiger partial charge in [-0.1, -0.05) is 24.3 Å². The fourth-order valence-electron chi connectivity index (χ4n) is 5.91. The molecule has 5 N–H and O–H groups in total. The Morgan fingerprint density at radius 2 is 1.75 bits per heavy atom. The van der Waals surface area contributed by atoms with Crippen LogP contribution in [0.5, 0.6) is 0 Å². The highest BCUT2D eigenvalue weighted by Crippen LogP contribution is 2.37. The number of fused-ring (bicyclic) bond motifs is 1. The number of carbonyl (C=O) groups is 2. The number of nitrogens with one attached hydrogen (secondary N) is 3. The predicted molar refractivity (Wildman–Crippen MR) is 139 cm³/mol. The Kier molecular flexibility index (Phi) is 7.23. The molecule has 0 bridgehead atoms. The quantitative estimate of drug-likeness (QED) is 0.401. The zero-order valence-corrected chi connectivity index (χ0v) is 20.4. The first-order valence-electron chi connectivity index (χ1n) is 12.9. The molecule has 1 aliphatic heterocycles. The van der Waals surface area contributed by atoms with E-state index in [0.29, 0.717) is 37.5 Å². The lowest BCUT2D eigenvalue weighted by atomic mass is 9.80. The fraction of sp³-hybridized carbons (Fsp3) is 0.429. The first-order valence-corrected chi connectivity index (χ1v) is 12.9. The number of H-pyrrole nitrogens is 1. The molecular weight excluding hydrogens is 457 g/mol. The third kappa shape index (κ3) is 5.38. The number of rotatable bonds is 6. The van der Waals surface area contributed by atoms with Crippen LogP contribution in [0.2, 0.25) is 0 Å². The molecule has 190 valence electrons. The van der Waals surface area contributed by atoms with Gasteiger partial charge in [0.15, 0.2) is 0 Å². The number of primary amides is 1. The van der Waals surface area contributed by atoms with Gasteiger partial charge in [0, 0.05) is 41.9 Å². The van der Waals surface area contributed by atoms with Gasteiger partial charge in [-0.05, 0) is 80.2 Å². The number of likely N-dealkylation sites (tertiary alicyclic amines) is 1. The number of hydrogen-bond acceptors (Lipinski definition) is 3. The molecule has 2 heterocycles. The SMILES string of the molecule is NC(=O)C(NC1CCC(c2c[nH]c3ccccc23)CC1)C1CCN(C(=O)Nc2cccc(F)c2)CC1. The van der Waals surface area contributed by atoms with Crippen LogP contribution in [0.25, 0.3) is 10.9 Å². The van der Waals surface area contributed by atoms with E-state index < -0.39 is 11.9 Å². The van der Waals surface area contributed by atoms with Gasteiger partial charge in [0.25, 0.3) is 0 Å². The van der Waals surface area contributed by atoms with Crippen LogP contribution in [0.15, 0.2) is 54.7 Å². The minimum atomic E-state index is -0.395. The van der Waals surface area contributed by atoms with Gasteiger partial charge in [0.2, 0.25) is 5.91 Å². The molecule has 1 aromatic heterocycles. The lowest BCUT2D eigenvalue weighted by molar-refractivity contribution is -0.122. The van der Waals surface area contributed by atoms with Crippen molar-refractivity contribution in [1.82, 2.24) is 15.2 Å². The summed E-state index contributed by atoms with van der Waals surface area (Å²) in [6.45, 7) is 1.06. The zero-order chi connectivity index (χ0) is 25.1. The van der Waals surface area contributed by atoms with Crippen molar-refractivity contribution in [2.24, 2.45) is 11.7 Å². The molecule has 7 nitrogen and oxygen atoms in total. The Morgan fingerprint density at radius 1 is 1.00 bits per heavy atom. The molecule has 5 rings (SSSR count). The Labute approximate surface area is 210 Å². The summed E-state index contributed by atoms with van der Waals surface area (Å²) in [5.41, 5.74) is 8.83. The first kappa shape index (κ1) is 24.3. The van der Waals surface area contributed by atoms with Crippen LogP contribution in [0.4, 0.5) is 14.9 Å². The number of piperidine rings is 1. The van der Waals surface area contributed by atoms with Crippen molar-refractivity contribution in [2.45, 2.75) is 56.5 Å². The number of urea groups is 1. The minimum Gasteiger partial charge on any atom is -0.368 e. The molecule has 36 heavy (non-hydrogen) atoms. The van der Waals surface area contributed by atoms with Gasteiger partial charge in [-0.3, -0.25) is 4.79 Å². The van der Waals surface area contributed by atoms with E-state index in [1.807, 2.05) is 0 Å². The van der Waals surface area contributed by atoms with Crippen LogP contribution in [-0.4, -0.2) is 47.0 Å². The number of carbonyl (C=O) groups excluding carboxylic acids is 2. The average molecular weight is 492 g/mol. The van der Waals surface area contributed by atoms with Crippen molar-refractivity contribution in [2.75, 3.05) is 18.4 Å². The van der Waals surface area contributed by atoms with Crippen molar-refractivity contribution >= 4 is 28.5 Å². The second-order valence-electron chi connectivity index (χ2n) is 10.1. The van der Waals surface area contributed by atoms with Crippen LogP contribution in [0.1, 0.15) is 50.0 Å². The standard InChI is InChI=1S/C28H34FN5O2/c29-20-4-3-5-22(16-20)33-28(36)34-14-12-19(13-15-34)26(27(30)35)32-21-10-8-18(9-11-21)24-17-31-25-7-2-1-6-23(24)25/h1-7,16-19,21,26,31-32H,8-15H2,(H2,30,35)(H,33,36). The number of halogens is 1. The van der Waals surface area contributed by atoms with Gasteiger partial charge >= 0.3 is 6.03 Å². The number of anilines is 1. The molecule has 1 aliphatic carbocycles. The van der Waals surface area contributed by atoms with Gasteiger partial charge < -0.3 is 26.3 Å². The molecule has 2 aliphatic rings. The molecule has 1 unspecified atom stereocenters. The Morgan fingerprint density at radius 3 is 2.47 bits per heavy atom. The smallest absolute Gasteiger partial charge is 0.321 e. The molecule has 2 fully saturated rings. The highest BCUT2D eigenvalue weighted by atomic mass is 19.1. The summed E-state index contributed by atoms with van der Waals surface area (Å²) in [4.78, 5) is 30.1. The third-order valence-electron chi connectivity index (χ3n) is 7.88. The average Bonchev–Trinajstić information content (AvgIpc) is 3.32. The molecule has 3 amide bonds. The second kappa shape index (κ2) is 10.7. The molecule has 1 saturated heterocycles. The third-order valence-corrected chi connectivity index (χ3v) is 7.88. The van der Waals surface area contributed by atoms with Crippen LogP contribution in [0, 0.1) is 11.7 Å². The monoisotopic (exact) mass is 491 g/mol. The van der Waals surface area contributed by atoms with Crippen molar-refractivity contribution in [3.05, 3.63) is 66.1 Å². The molecule has 8 heteroatoms. The van der Waals surface area contributed by atoms with Crippen LogP contribution in [-0.2, 0) is 4.79 Å². The molecule has 3 aromatic rings. The zero-order valence-electron chi connectivity index (χ0n) is 20.4. The van der Waals surface area contributed by atoms with E-state index in [2.05, 4.69) is 46.1 Å². The fourth-order valence-corrected chi connectivity index (χ4v) is 5.91.